The number of carbonyl (C=O) groups is 8. The van der Waals surface area contributed by atoms with Crippen molar-refractivity contribution in [1.82, 2.24) is 0 Å². The standard InChI is InChI=1S/C40H46O18S2/c1-21(41)49-19-31-33(51-23(3)43)35(53-25(5)45)37(55-27(7)47)39(57-31)59-17-9-11-29-13-15-30(16-14-29)12-10-18-60-40-38(56-28(8)48)36(54-26(6)46)34(52-24(4)44)32(58-40)20-50-22(2)42/h13-16,31-40H,17-20H2,1-8H3/t31-,32-,33-,34-,35+,36+,37+,38+,39-,40-/m1/s1. The van der Waals surface area contributed by atoms with Crippen molar-refractivity contribution in [3.8, 4) is 23.7 Å². The van der Waals surface area contributed by atoms with Crippen LogP contribution in [0, 0.1) is 23.7 Å². The predicted molar refractivity (Wildman–Crippen MR) is 209 cm³/mol. The van der Waals surface area contributed by atoms with E-state index in [1.165, 1.54) is 13.8 Å². The fourth-order valence-corrected chi connectivity index (χ4v) is 7.69. The second kappa shape index (κ2) is 24.1. The van der Waals surface area contributed by atoms with Crippen LogP contribution in [0.5, 0.6) is 0 Å². The highest BCUT2D eigenvalue weighted by atomic mass is 32.2. The Balaban J connectivity index is 1.73. The molecule has 20 heteroatoms. The molecule has 0 aliphatic carbocycles. The number of hydrogen-bond donors (Lipinski definition) is 0. The van der Waals surface area contributed by atoms with Crippen molar-refractivity contribution in [2.45, 2.75) is 115 Å². The third kappa shape index (κ3) is 16.4. The monoisotopic (exact) mass is 878 g/mol. The molecule has 3 rings (SSSR count). The van der Waals surface area contributed by atoms with Crippen LogP contribution in [0.15, 0.2) is 24.3 Å². The van der Waals surface area contributed by atoms with Crippen LogP contribution in [0.4, 0.5) is 0 Å². The molecule has 1 aromatic carbocycles. The third-order valence-electron chi connectivity index (χ3n) is 7.89. The second-order valence-electron chi connectivity index (χ2n) is 12.9. The Bertz CT molecular complexity index is 1730. The molecule has 1 aromatic rings. The van der Waals surface area contributed by atoms with Crippen molar-refractivity contribution in [2.24, 2.45) is 0 Å². The third-order valence-corrected chi connectivity index (χ3v) is 9.92. The van der Waals surface area contributed by atoms with E-state index in [1.807, 2.05) is 0 Å². The summed E-state index contributed by atoms with van der Waals surface area (Å²) in [4.78, 5) is 95.4. The molecule has 0 spiro atoms. The first kappa shape index (κ1) is 49.1. The van der Waals surface area contributed by atoms with Gasteiger partial charge in [-0.1, -0.05) is 23.7 Å². The molecule has 2 aliphatic rings. The van der Waals surface area contributed by atoms with E-state index in [1.54, 1.807) is 24.3 Å². The molecule has 60 heavy (non-hydrogen) atoms. The lowest BCUT2D eigenvalue weighted by Gasteiger charge is -2.44. The van der Waals surface area contributed by atoms with Gasteiger partial charge in [0.05, 0.1) is 11.5 Å². The summed E-state index contributed by atoms with van der Waals surface area (Å²) in [6, 6.07) is 6.95. The minimum absolute atomic E-state index is 0.145. The number of carbonyl (C=O) groups excluding carboxylic acids is 8. The van der Waals surface area contributed by atoms with E-state index in [0.29, 0.717) is 11.1 Å². The summed E-state index contributed by atoms with van der Waals surface area (Å²) in [5.74, 6) is 6.72. The zero-order valence-electron chi connectivity index (χ0n) is 34.1. The Morgan fingerprint density at radius 2 is 0.733 bits per heavy atom. The molecule has 0 unspecified atom stereocenters. The maximum absolute atomic E-state index is 12.1. The van der Waals surface area contributed by atoms with Gasteiger partial charge in [0.15, 0.2) is 36.6 Å². The first-order valence-corrected chi connectivity index (χ1v) is 20.4. The predicted octanol–water partition coefficient (Wildman–Crippen LogP) is 2.02. The SMILES string of the molecule is CC(=O)OC[C@H]1O[C@H](SCC#Cc2ccc(C#CCS[C@H]3O[C@H](COC(C)=O)[C@@H](OC(C)=O)[C@H](OC(C)=O)[C@@H]3OC(C)=O)cc2)[C@@H](OC(C)=O)[C@@H](OC(C)=O)[C@@H]1OC(C)=O. The van der Waals surface area contributed by atoms with Gasteiger partial charge in [-0.15, -0.1) is 23.5 Å². The summed E-state index contributed by atoms with van der Waals surface area (Å²) in [6.45, 7) is 8.57. The lowest BCUT2D eigenvalue weighted by Crippen LogP contribution is -2.61. The van der Waals surface area contributed by atoms with E-state index in [2.05, 4.69) is 23.7 Å². The number of benzene rings is 1. The summed E-state index contributed by atoms with van der Waals surface area (Å²) in [7, 11) is 0. The lowest BCUT2D eigenvalue weighted by molar-refractivity contribution is -0.237. The van der Waals surface area contributed by atoms with Crippen LogP contribution < -0.4 is 0 Å². The van der Waals surface area contributed by atoms with Crippen LogP contribution in [0.2, 0.25) is 0 Å². The minimum atomic E-state index is -1.28. The van der Waals surface area contributed by atoms with Crippen molar-refractivity contribution in [2.75, 3.05) is 24.7 Å². The summed E-state index contributed by atoms with van der Waals surface area (Å²) < 4.78 is 55.1. The van der Waals surface area contributed by atoms with Crippen LogP contribution in [-0.4, -0.2) is 132 Å². The summed E-state index contributed by atoms with van der Waals surface area (Å²) in [5, 5.41) is 0. The van der Waals surface area contributed by atoms with Gasteiger partial charge in [0.1, 0.15) is 36.3 Å². The highest BCUT2D eigenvalue weighted by molar-refractivity contribution is 8.00. The van der Waals surface area contributed by atoms with Gasteiger partial charge in [-0.25, -0.2) is 0 Å². The summed E-state index contributed by atoms with van der Waals surface area (Å²) in [6.07, 6.45) is -9.65. The first-order valence-electron chi connectivity index (χ1n) is 18.3. The molecule has 2 heterocycles. The second-order valence-corrected chi connectivity index (χ2v) is 15.1. The minimum Gasteiger partial charge on any atom is -0.463 e. The van der Waals surface area contributed by atoms with E-state index in [4.69, 9.17) is 47.4 Å². The Morgan fingerprint density at radius 1 is 0.450 bits per heavy atom. The highest BCUT2D eigenvalue weighted by Gasteiger charge is 2.53. The van der Waals surface area contributed by atoms with E-state index in [0.717, 1.165) is 65.1 Å². The average molecular weight is 879 g/mol. The molecule has 0 amide bonds. The van der Waals surface area contributed by atoms with Gasteiger partial charge in [-0.2, -0.15) is 0 Å². The van der Waals surface area contributed by atoms with Crippen LogP contribution in [0.1, 0.15) is 66.5 Å². The molecule has 2 fully saturated rings. The van der Waals surface area contributed by atoms with E-state index in [9.17, 15) is 38.4 Å². The van der Waals surface area contributed by atoms with Gasteiger partial charge >= 0.3 is 47.8 Å². The molecular weight excluding hydrogens is 833 g/mol. The zero-order chi connectivity index (χ0) is 44.5. The molecule has 0 radical (unpaired) electrons. The van der Waals surface area contributed by atoms with Gasteiger partial charge in [0.2, 0.25) is 0 Å². The van der Waals surface area contributed by atoms with Crippen molar-refractivity contribution in [3.05, 3.63) is 35.4 Å². The number of esters is 8. The number of hydrogen-bond acceptors (Lipinski definition) is 20. The van der Waals surface area contributed by atoms with Gasteiger partial charge in [-0.05, 0) is 24.3 Å². The maximum atomic E-state index is 12.1. The lowest BCUT2D eigenvalue weighted by atomic mass is 9.99. The van der Waals surface area contributed by atoms with Crippen molar-refractivity contribution in [3.63, 3.8) is 0 Å². The van der Waals surface area contributed by atoms with Crippen molar-refractivity contribution in [1.29, 1.82) is 0 Å². The molecule has 326 valence electrons. The maximum Gasteiger partial charge on any atom is 0.303 e. The Morgan fingerprint density at radius 3 is 1.02 bits per heavy atom. The zero-order valence-corrected chi connectivity index (χ0v) is 35.7. The fraction of sp³-hybridized carbons (Fsp3) is 0.550. The van der Waals surface area contributed by atoms with Crippen molar-refractivity contribution < 1.29 is 85.7 Å². The largest absolute Gasteiger partial charge is 0.463 e. The number of rotatable bonds is 14. The Labute approximate surface area is 355 Å². The number of thioether (sulfide) groups is 2. The molecule has 0 N–H and O–H groups in total. The molecule has 18 nitrogen and oxygen atoms in total. The van der Waals surface area contributed by atoms with E-state index in [-0.39, 0.29) is 24.7 Å². The smallest absolute Gasteiger partial charge is 0.303 e. The first-order chi connectivity index (χ1) is 28.3. The molecular formula is C40H46O18S2. The Kier molecular flexibility index (Phi) is 19.7. The van der Waals surface area contributed by atoms with Crippen LogP contribution in [0.25, 0.3) is 0 Å². The van der Waals surface area contributed by atoms with E-state index >= 15 is 0 Å². The normalized spacial score (nSPS) is 25.5. The summed E-state index contributed by atoms with van der Waals surface area (Å²) >= 11 is 2.24. The summed E-state index contributed by atoms with van der Waals surface area (Å²) in [5.41, 5.74) is -0.674. The molecule has 0 saturated carbocycles. The topological polar surface area (TPSA) is 229 Å². The van der Waals surface area contributed by atoms with Crippen LogP contribution in [-0.2, 0) is 85.7 Å². The van der Waals surface area contributed by atoms with Crippen LogP contribution >= 0.6 is 23.5 Å². The quantitative estimate of drug-likeness (QED) is 0.148. The van der Waals surface area contributed by atoms with E-state index < -0.39 is 107 Å². The number of ether oxygens (including phenoxy) is 10. The van der Waals surface area contributed by atoms with Gasteiger partial charge in [0, 0.05) is 66.5 Å². The highest BCUT2D eigenvalue weighted by Crippen LogP contribution is 2.36. The fourth-order valence-electron chi connectivity index (χ4n) is 5.81. The van der Waals surface area contributed by atoms with Crippen molar-refractivity contribution >= 4 is 71.3 Å². The van der Waals surface area contributed by atoms with Gasteiger partial charge in [0.25, 0.3) is 0 Å². The molecule has 2 saturated heterocycles. The molecule has 2 aliphatic heterocycles. The Hall–Kier alpha value is -5.28. The average Bonchev–Trinajstić information content (AvgIpc) is 3.14. The van der Waals surface area contributed by atoms with Crippen LogP contribution in [0.3, 0.4) is 0 Å². The molecule has 0 bridgehead atoms. The van der Waals surface area contributed by atoms with Gasteiger partial charge < -0.3 is 47.4 Å². The molecule has 0 aromatic heterocycles. The van der Waals surface area contributed by atoms with Gasteiger partial charge in [-0.3, -0.25) is 38.4 Å². The molecule has 10 atom stereocenters.